The molecule has 0 bridgehead atoms. The monoisotopic (exact) mass is 416 g/mol. The molecular formula is C25H37FO2Si. The number of hydrogen-bond acceptors (Lipinski definition) is 2. The molecule has 0 fully saturated rings. The lowest BCUT2D eigenvalue weighted by Gasteiger charge is -2.36. The molecular weight excluding hydrogens is 379 g/mol. The molecule has 4 heteroatoms. The molecule has 0 radical (unpaired) electrons. The maximum absolute atomic E-state index is 14.7. The molecule has 0 aliphatic heterocycles. The van der Waals surface area contributed by atoms with Crippen molar-refractivity contribution in [1.82, 2.24) is 0 Å². The summed E-state index contributed by atoms with van der Waals surface area (Å²) in [4.78, 5) is 0. The van der Waals surface area contributed by atoms with E-state index in [1.165, 1.54) is 6.07 Å². The quantitative estimate of drug-likeness (QED) is 0.451. The van der Waals surface area contributed by atoms with Crippen LogP contribution < -0.4 is 4.74 Å². The highest BCUT2D eigenvalue weighted by atomic mass is 28.4. The smallest absolute Gasteiger partial charge is 0.192 e. The third-order valence-electron chi connectivity index (χ3n) is 5.76. The van der Waals surface area contributed by atoms with E-state index in [4.69, 9.17) is 9.16 Å². The summed E-state index contributed by atoms with van der Waals surface area (Å²) < 4.78 is 26.4. The van der Waals surface area contributed by atoms with Gasteiger partial charge in [-0.1, -0.05) is 59.7 Å². The Morgan fingerprint density at radius 1 is 0.897 bits per heavy atom. The number of rotatable bonds is 6. The van der Waals surface area contributed by atoms with Crippen LogP contribution in [0.1, 0.15) is 52.7 Å². The Morgan fingerprint density at radius 2 is 1.55 bits per heavy atom. The standard InChI is InChI=1S/C25H37FO2Si/c1-24(2,3)16-19-14-18(17-28-29(8,9)25(4,5)6)10-12-21(19)22-15-20(27-7)11-13-23(22)26/h10-15H,16-17H2,1-9H3. The van der Waals surface area contributed by atoms with Gasteiger partial charge in [-0.3, -0.25) is 0 Å². The van der Waals surface area contributed by atoms with Crippen molar-refractivity contribution in [2.45, 2.75) is 72.7 Å². The van der Waals surface area contributed by atoms with Crippen LogP contribution in [0.5, 0.6) is 5.75 Å². The molecule has 0 unspecified atom stereocenters. The molecule has 0 heterocycles. The van der Waals surface area contributed by atoms with Crippen LogP contribution in [0.15, 0.2) is 36.4 Å². The van der Waals surface area contributed by atoms with Gasteiger partial charge in [0.1, 0.15) is 11.6 Å². The molecule has 0 saturated heterocycles. The fourth-order valence-corrected chi connectivity index (χ4v) is 4.00. The van der Waals surface area contributed by atoms with Crippen LogP contribution >= 0.6 is 0 Å². The normalized spacial score (nSPS) is 12.9. The van der Waals surface area contributed by atoms with Gasteiger partial charge in [0.15, 0.2) is 8.32 Å². The van der Waals surface area contributed by atoms with Crippen LogP contribution in [-0.2, 0) is 17.5 Å². The van der Waals surface area contributed by atoms with Gasteiger partial charge in [0.25, 0.3) is 0 Å². The van der Waals surface area contributed by atoms with Gasteiger partial charge in [-0.25, -0.2) is 4.39 Å². The highest BCUT2D eigenvalue weighted by molar-refractivity contribution is 6.74. The minimum atomic E-state index is -1.83. The molecule has 0 saturated carbocycles. The zero-order valence-corrected chi connectivity index (χ0v) is 20.6. The number of methoxy groups -OCH3 is 1. The number of hydrogen-bond donors (Lipinski definition) is 0. The van der Waals surface area contributed by atoms with E-state index in [9.17, 15) is 4.39 Å². The summed E-state index contributed by atoms with van der Waals surface area (Å²) in [5.74, 6) is 0.430. The second-order valence-corrected chi connectivity index (χ2v) is 15.4. The molecule has 0 spiro atoms. The van der Waals surface area contributed by atoms with Crippen molar-refractivity contribution in [3.8, 4) is 16.9 Å². The van der Waals surface area contributed by atoms with E-state index in [2.05, 4.69) is 66.8 Å². The molecule has 2 nitrogen and oxygen atoms in total. The maximum atomic E-state index is 14.7. The Hall–Kier alpha value is -1.65. The SMILES string of the molecule is COc1ccc(F)c(-c2ccc(CO[Si](C)(C)C(C)(C)C)cc2CC(C)(C)C)c1. The van der Waals surface area contributed by atoms with E-state index in [-0.39, 0.29) is 16.3 Å². The second-order valence-electron chi connectivity index (χ2n) is 10.6. The summed E-state index contributed by atoms with van der Waals surface area (Å²) in [6, 6.07) is 11.2. The van der Waals surface area contributed by atoms with Gasteiger partial charge in [0, 0.05) is 5.56 Å². The van der Waals surface area contributed by atoms with Gasteiger partial charge in [-0.2, -0.15) is 0 Å². The molecule has 2 rings (SSSR count). The third kappa shape index (κ3) is 6.16. The summed E-state index contributed by atoms with van der Waals surface area (Å²) in [6.07, 6.45) is 0.854. The van der Waals surface area contributed by atoms with Gasteiger partial charge in [0.2, 0.25) is 0 Å². The average molecular weight is 417 g/mol. The van der Waals surface area contributed by atoms with Crippen LogP contribution in [0.4, 0.5) is 4.39 Å². The maximum Gasteiger partial charge on any atom is 0.192 e. The molecule has 0 aromatic heterocycles. The Morgan fingerprint density at radius 3 is 2.10 bits per heavy atom. The molecule has 160 valence electrons. The first-order valence-electron chi connectivity index (χ1n) is 10.3. The Bertz CT molecular complexity index is 845. The van der Waals surface area contributed by atoms with Crippen LogP contribution in [0.25, 0.3) is 11.1 Å². The van der Waals surface area contributed by atoms with Crippen molar-refractivity contribution in [2.24, 2.45) is 5.41 Å². The number of ether oxygens (including phenoxy) is 1. The zero-order valence-electron chi connectivity index (χ0n) is 19.6. The van der Waals surface area contributed by atoms with E-state index in [0.29, 0.717) is 17.9 Å². The average Bonchev–Trinajstić information content (AvgIpc) is 2.58. The Kier molecular flexibility index (Phi) is 7.01. The molecule has 0 N–H and O–H groups in total. The Labute approximate surface area is 177 Å². The van der Waals surface area contributed by atoms with Gasteiger partial charge in [-0.15, -0.1) is 0 Å². The molecule has 0 aliphatic carbocycles. The molecule has 0 amide bonds. The van der Waals surface area contributed by atoms with Crippen LogP contribution in [0.2, 0.25) is 18.1 Å². The molecule has 0 atom stereocenters. The van der Waals surface area contributed by atoms with Gasteiger partial charge >= 0.3 is 0 Å². The predicted octanol–water partition coefficient (Wildman–Crippen LogP) is 7.61. The first kappa shape index (κ1) is 23.6. The molecule has 29 heavy (non-hydrogen) atoms. The van der Waals surface area contributed by atoms with E-state index in [0.717, 1.165) is 23.1 Å². The first-order chi connectivity index (χ1) is 13.2. The molecule has 2 aromatic carbocycles. The van der Waals surface area contributed by atoms with E-state index in [1.54, 1.807) is 19.2 Å². The molecule has 2 aromatic rings. The largest absolute Gasteiger partial charge is 0.497 e. The van der Waals surface area contributed by atoms with Gasteiger partial charge in [-0.05, 0) is 64.9 Å². The summed E-state index contributed by atoms with van der Waals surface area (Å²) in [7, 11) is -0.222. The topological polar surface area (TPSA) is 18.5 Å². The third-order valence-corrected chi connectivity index (χ3v) is 10.2. The first-order valence-corrected chi connectivity index (χ1v) is 13.2. The highest BCUT2D eigenvalue weighted by Crippen LogP contribution is 2.38. The predicted molar refractivity (Wildman–Crippen MR) is 124 cm³/mol. The summed E-state index contributed by atoms with van der Waals surface area (Å²) >= 11 is 0. The lowest BCUT2D eigenvalue weighted by atomic mass is 9.84. The lowest BCUT2D eigenvalue weighted by molar-refractivity contribution is 0.276. The number of benzene rings is 2. The highest BCUT2D eigenvalue weighted by Gasteiger charge is 2.37. The lowest BCUT2D eigenvalue weighted by Crippen LogP contribution is -2.40. The summed E-state index contributed by atoms with van der Waals surface area (Å²) in [5, 5.41) is 0.172. The van der Waals surface area contributed by atoms with Crippen molar-refractivity contribution in [3.63, 3.8) is 0 Å². The molecule has 0 aliphatic rings. The van der Waals surface area contributed by atoms with Crippen LogP contribution in [0, 0.1) is 11.2 Å². The van der Waals surface area contributed by atoms with Gasteiger partial charge in [0.05, 0.1) is 13.7 Å². The number of halogens is 1. The Balaban J connectivity index is 2.44. The zero-order chi connectivity index (χ0) is 22.0. The van der Waals surface area contributed by atoms with E-state index in [1.807, 2.05) is 6.07 Å². The minimum absolute atomic E-state index is 0.0863. The van der Waals surface area contributed by atoms with Crippen LogP contribution in [-0.4, -0.2) is 15.4 Å². The van der Waals surface area contributed by atoms with Crippen LogP contribution in [0.3, 0.4) is 0 Å². The fraction of sp³-hybridized carbons (Fsp3) is 0.520. The van der Waals surface area contributed by atoms with Crippen molar-refractivity contribution < 1.29 is 13.6 Å². The van der Waals surface area contributed by atoms with E-state index < -0.39 is 8.32 Å². The van der Waals surface area contributed by atoms with Crippen molar-refractivity contribution in [1.29, 1.82) is 0 Å². The minimum Gasteiger partial charge on any atom is -0.497 e. The summed E-state index contributed by atoms with van der Waals surface area (Å²) in [5.41, 5.74) is 3.87. The van der Waals surface area contributed by atoms with Crippen molar-refractivity contribution >= 4 is 8.32 Å². The fourth-order valence-electron chi connectivity index (χ4n) is 3.04. The second kappa shape index (κ2) is 8.61. The summed E-state index contributed by atoms with van der Waals surface area (Å²) in [6.45, 7) is 18.5. The van der Waals surface area contributed by atoms with Crippen molar-refractivity contribution in [3.05, 3.63) is 53.3 Å². The van der Waals surface area contributed by atoms with Crippen molar-refractivity contribution in [2.75, 3.05) is 7.11 Å². The van der Waals surface area contributed by atoms with Gasteiger partial charge < -0.3 is 9.16 Å². The van der Waals surface area contributed by atoms with E-state index >= 15 is 0 Å².